The summed E-state index contributed by atoms with van der Waals surface area (Å²) < 4.78 is 0. The van der Waals surface area contributed by atoms with E-state index in [4.69, 9.17) is 0 Å². The van der Waals surface area contributed by atoms with Crippen LogP contribution in [0.5, 0.6) is 0 Å². The second kappa shape index (κ2) is 7.99. The molecule has 1 heterocycles. The Balaban J connectivity index is 1.72. The Bertz CT molecular complexity index is 448. The largest absolute Gasteiger partial charge is 0.337 e. The third kappa shape index (κ3) is 3.90. The Kier molecular flexibility index (Phi) is 5.74. The molecule has 0 atom stereocenters. The van der Waals surface area contributed by atoms with Gasteiger partial charge in [-0.05, 0) is 25.7 Å². The van der Waals surface area contributed by atoms with Gasteiger partial charge in [-0.15, -0.1) is 0 Å². The van der Waals surface area contributed by atoms with Gasteiger partial charge in [0.1, 0.15) is 6.54 Å². The van der Waals surface area contributed by atoms with Crippen LogP contribution in [0.3, 0.4) is 0 Å². The smallest absolute Gasteiger partial charge is 0.324 e. The standard InChI is InChI=1S/C18H29N3O3/c22-16-11-12-19-18(24)20(16)13-17(23)21(14-7-3-1-4-8-14)15-9-5-2-6-10-15/h14-15H,1-13H2,(H,19,24). The van der Waals surface area contributed by atoms with Crippen molar-refractivity contribution in [3.05, 3.63) is 0 Å². The van der Waals surface area contributed by atoms with Crippen molar-refractivity contribution in [3.63, 3.8) is 0 Å². The van der Waals surface area contributed by atoms with Gasteiger partial charge in [-0.25, -0.2) is 4.79 Å². The van der Waals surface area contributed by atoms with Gasteiger partial charge in [0.05, 0.1) is 0 Å². The SMILES string of the molecule is O=C1CCNC(=O)N1CC(=O)N(C1CCCCC1)C1CCCCC1. The topological polar surface area (TPSA) is 69.7 Å². The second-order valence-corrected chi connectivity index (χ2v) is 7.35. The van der Waals surface area contributed by atoms with E-state index in [1.54, 1.807) is 0 Å². The number of nitrogens with one attached hydrogen (secondary N) is 1. The Hall–Kier alpha value is -1.59. The monoisotopic (exact) mass is 335 g/mol. The Labute approximate surface area is 143 Å². The fourth-order valence-corrected chi connectivity index (χ4v) is 4.42. The van der Waals surface area contributed by atoms with Crippen molar-refractivity contribution in [2.24, 2.45) is 0 Å². The molecule has 1 N–H and O–H groups in total. The van der Waals surface area contributed by atoms with Crippen LogP contribution >= 0.6 is 0 Å². The fourth-order valence-electron chi connectivity index (χ4n) is 4.42. The minimum Gasteiger partial charge on any atom is -0.337 e. The van der Waals surface area contributed by atoms with E-state index in [2.05, 4.69) is 10.2 Å². The molecule has 24 heavy (non-hydrogen) atoms. The molecule has 0 spiro atoms. The number of urea groups is 1. The summed E-state index contributed by atoms with van der Waals surface area (Å²) in [5.41, 5.74) is 0. The van der Waals surface area contributed by atoms with Crippen LogP contribution in [-0.4, -0.2) is 52.8 Å². The summed E-state index contributed by atoms with van der Waals surface area (Å²) in [6, 6.07) is 0.154. The van der Waals surface area contributed by atoms with E-state index < -0.39 is 6.03 Å². The van der Waals surface area contributed by atoms with Gasteiger partial charge in [0.15, 0.2) is 0 Å². The molecule has 0 bridgehead atoms. The van der Waals surface area contributed by atoms with Gasteiger partial charge < -0.3 is 10.2 Å². The number of carbonyl (C=O) groups is 3. The molecular weight excluding hydrogens is 306 g/mol. The zero-order valence-electron chi connectivity index (χ0n) is 14.5. The first kappa shape index (κ1) is 17.2. The van der Waals surface area contributed by atoms with Crippen molar-refractivity contribution in [1.29, 1.82) is 0 Å². The molecule has 6 nitrogen and oxygen atoms in total. The molecule has 6 heteroatoms. The summed E-state index contributed by atoms with van der Waals surface area (Å²) in [4.78, 5) is 40.2. The average molecular weight is 335 g/mol. The van der Waals surface area contributed by atoms with Crippen molar-refractivity contribution in [2.75, 3.05) is 13.1 Å². The maximum atomic E-state index is 13.1. The summed E-state index contributed by atoms with van der Waals surface area (Å²) in [6.07, 6.45) is 11.7. The van der Waals surface area contributed by atoms with E-state index in [0.717, 1.165) is 30.6 Å². The molecule has 3 aliphatic rings. The molecule has 0 aromatic rings. The summed E-state index contributed by atoms with van der Waals surface area (Å²) in [6.45, 7) is 0.273. The molecule has 1 aliphatic heterocycles. The third-order valence-electron chi connectivity index (χ3n) is 5.68. The van der Waals surface area contributed by atoms with E-state index >= 15 is 0 Å². The van der Waals surface area contributed by atoms with Crippen LogP contribution in [0.1, 0.15) is 70.6 Å². The van der Waals surface area contributed by atoms with Crippen molar-refractivity contribution in [2.45, 2.75) is 82.7 Å². The highest BCUT2D eigenvalue weighted by molar-refractivity contribution is 6.00. The first-order valence-corrected chi connectivity index (χ1v) is 9.56. The van der Waals surface area contributed by atoms with Gasteiger partial charge in [-0.1, -0.05) is 38.5 Å². The van der Waals surface area contributed by atoms with Crippen molar-refractivity contribution in [3.8, 4) is 0 Å². The number of hydrogen-bond acceptors (Lipinski definition) is 3. The number of amides is 4. The summed E-state index contributed by atoms with van der Waals surface area (Å²) in [5, 5.41) is 2.66. The minimum atomic E-state index is -0.424. The minimum absolute atomic E-state index is 0.0424. The van der Waals surface area contributed by atoms with E-state index in [1.165, 1.54) is 38.5 Å². The molecule has 1 saturated heterocycles. The van der Waals surface area contributed by atoms with Crippen LogP contribution < -0.4 is 5.32 Å². The van der Waals surface area contributed by atoms with E-state index in [-0.39, 0.29) is 36.9 Å². The number of rotatable bonds is 4. The maximum absolute atomic E-state index is 13.1. The summed E-state index contributed by atoms with van der Waals surface area (Å²) in [7, 11) is 0. The summed E-state index contributed by atoms with van der Waals surface area (Å²) >= 11 is 0. The molecule has 0 radical (unpaired) electrons. The van der Waals surface area contributed by atoms with Gasteiger partial charge in [0.2, 0.25) is 11.8 Å². The van der Waals surface area contributed by atoms with Gasteiger partial charge in [0.25, 0.3) is 0 Å². The highest BCUT2D eigenvalue weighted by atomic mass is 16.2. The van der Waals surface area contributed by atoms with E-state index in [1.807, 2.05) is 0 Å². The van der Waals surface area contributed by atoms with Crippen LogP contribution in [0.4, 0.5) is 4.79 Å². The van der Waals surface area contributed by atoms with Gasteiger partial charge >= 0.3 is 6.03 Å². The number of hydrogen-bond donors (Lipinski definition) is 1. The number of nitrogens with zero attached hydrogens (tertiary/aromatic N) is 2. The Morgan fingerprint density at radius 1 is 0.958 bits per heavy atom. The fraction of sp³-hybridized carbons (Fsp3) is 0.833. The maximum Gasteiger partial charge on any atom is 0.324 e. The quantitative estimate of drug-likeness (QED) is 0.858. The molecule has 134 valence electrons. The highest BCUT2D eigenvalue weighted by Crippen LogP contribution is 2.30. The molecule has 3 fully saturated rings. The second-order valence-electron chi connectivity index (χ2n) is 7.35. The Morgan fingerprint density at radius 3 is 2.00 bits per heavy atom. The molecule has 0 aromatic heterocycles. The summed E-state index contributed by atoms with van der Waals surface area (Å²) in [5.74, 6) is -0.279. The zero-order valence-corrected chi connectivity index (χ0v) is 14.5. The van der Waals surface area contributed by atoms with Crippen LogP contribution in [0.2, 0.25) is 0 Å². The lowest BCUT2D eigenvalue weighted by Crippen LogP contribution is -2.56. The lowest BCUT2D eigenvalue weighted by atomic mass is 9.88. The van der Waals surface area contributed by atoms with Crippen LogP contribution in [0, 0.1) is 0 Å². The molecule has 2 saturated carbocycles. The van der Waals surface area contributed by atoms with Gasteiger partial charge in [0, 0.05) is 25.0 Å². The Morgan fingerprint density at radius 2 is 1.50 bits per heavy atom. The van der Waals surface area contributed by atoms with Gasteiger partial charge in [-0.3, -0.25) is 14.5 Å². The average Bonchev–Trinajstić information content (AvgIpc) is 2.60. The lowest BCUT2D eigenvalue weighted by molar-refractivity contribution is -0.143. The lowest BCUT2D eigenvalue weighted by Gasteiger charge is -2.42. The molecule has 3 rings (SSSR count). The number of imide groups is 1. The predicted octanol–water partition coefficient (Wildman–Crippen LogP) is 2.42. The molecule has 0 aromatic carbocycles. The molecular formula is C18H29N3O3. The normalized spacial score (nSPS) is 23.9. The molecule has 4 amide bonds. The molecule has 0 unspecified atom stereocenters. The van der Waals surface area contributed by atoms with Crippen LogP contribution in [-0.2, 0) is 9.59 Å². The first-order valence-electron chi connectivity index (χ1n) is 9.56. The van der Waals surface area contributed by atoms with Crippen molar-refractivity contribution < 1.29 is 14.4 Å². The van der Waals surface area contributed by atoms with Gasteiger partial charge in [-0.2, -0.15) is 0 Å². The highest BCUT2D eigenvalue weighted by Gasteiger charge is 2.35. The number of carbonyl (C=O) groups excluding carboxylic acids is 3. The predicted molar refractivity (Wildman–Crippen MR) is 90.3 cm³/mol. The van der Waals surface area contributed by atoms with E-state index in [0.29, 0.717) is 6.54 Å². The zero-order chi connectivity index (χ0) is 16.9. The first-order chi connectivity index (χ1) is 11.7. The van der Waals surface area contributed by atoms with E-state index in [9.17, 15) is 14.4 Å². The molecule has 2 aliphatic carbocycles. The van der Waals surface area contributed by atoms with Crippen LogP contribution in [0.25, 0.3) is 0 Å². The third-order valence-corrected chi connectivity index (χ3v) is 5.68. The van der Waals surface area contributed by atoms with Crippen LogP contribution in [0.15, 0.2) is 0 Å². The van der Waals surface area contributed by atoms with Crippen molar-refractivity contribution >= 4 is 17.8 Å². The van der Waals surface area contributed by atoms with Crippen molar-refractivity contribution in [1.82, 2.24) is 15.1 Å².